The summed E-state index contributed by atoms with van der Waals surface area (Å²) in [6.45, 7) is 7.21. The van der Waals surface area contributed by atoms with Crippen LogP contribution in [0.3, 0.4) is 0 Å². The number of ether oxygens (including phenoxy) is 2. The summed E-state index contributed by atoms with van der Waals surface area (Å²) in [5.74, 6) is -0.374. The fourth-order valence-electron chi connectivity index (χ4n) is 2.55. The number of carbonyl (C=O) groups excluding carboxylic acids is 2. The number of nitrogens with zero attached hydrogens (tertiary/aromatic N) is 1. The Morgan fingerprint density at radius 2 is 1.89 bits per heavy atom. The Bertz CT molecular complexity index is 306. The molecule has 0 aromatic heterocycles. The lowest BCUT2D eigenvalue weighted by atomic mass is 9.99. The molecule has 1 aliphatic heterocycles. The zero-order valence-corrected chi connectivity index (χ0v) is 12.2. The van der Waals surface area contributed by atoms with Crippen LogP contribution in [-0.2, 0) is 19.1 Å². The van der Waals surface area contributed by atoms with Crippen LogP contribution in [-0.4, -0.2) is 48.7 Å². The van der Waals surface area contributed by atoms with Gasteiger partial charge in [-0.1, -0.05) is 6.42 Å². The number of carbonyl (C=O) groups is 2. The summed E-state index contributed by atoms with van der Waals surface area (Å²) in [4.78, 5) is 25.6. The van der Waals surface area contributed by atoms with Crippen molar-refractivity contribution in [3.05, 3.63) is 0 Å². The molecule has 5 nitrogen and oxygen atoms in total. The number of hydrogen-bond donors (Lipinski definition) is 0. The van der Waals surface area contributed by atoms with Crippen LogP contribution in [0.15, 0.2) is 0 Å². The van der Waals surface area contributed by atoms with Crippen LogP contribution in [0.1, 0.15) is 46.5 Å². The molecule has 1 saturated heterocycles. The molecule has 1 rings (SSSR count). The highest BCUT2D eigenvalue weighted by atomic mass is 16.5. The molecule has 1 fully saturated rings. The molecule has 0 aromatic carbocycles. The van der Waals surface area contributed by atoms with Crippen molar-refractivity contribution in [2.45, 2.75) is 58.5 Å². The first-order chi connectivity index (χ1) is 9.10. The molecular weight excluding hydrogens is 246 g/mol. The fraction of sp³-hybridized carbons (Fsp3) is 0.857. The summed E-state index contributed by atoms with van der Waals surface area (Å²) < 4.78 is 10.1. The minimum atomic E-state index is -0.210. The first kappa shape index (κ1) is 16.0. The predicted molar refractivity (Wildman–Crippen MR) is 71.7 cm³/mol. The van der Waals surface area contributed by atoms with Crippen molar-refractivity contribution in [1.29, 1.82) is 0 Å². The van der Waals surface area contributed by atoms with Gasteiger partial charge in [-0.15, -0.1) is 0 Å². The topological polar surface area (TPSA) is 55.8 Å². The van der Waals surface area contributed by atoms with Gasteiger partial charge in [0.2, 0.25) is 0 Å². The Labute approximate surface area is 115 Å². The minimum absolute atomic E-state index is 0.00811. The molecule has 1 aliphatic rings. The second kappa shape index (κ2) is 8.15. The van der Waals surface area contributed by atoms with Crippen LogP contribution in [0, 0.1) is 0 Å². The number of hydrogen-bond acceptors (Lipinski definition) is 5. The van der Waals surface area contributed by atoms with Crippen LogP contribution in [0.25, 0.3) is 0 Å². The molecule has 5 heteroatoms. The molecule has 0 aromatic rings. The summed E-state index contributed by atoms with van der Waals surface area (Å²) in [7, 11) is 0. The van der Waals surface area contributed by atoms with E-state index in [0.717, 1.165) is 25.8 Å². The third-order valence-electron chi connectivity index (χ3n) is 3.44. The molecule has 0 amide bonds. The lowest BCUT2D eigenvalue weighted by Crippen LogP contribution is -2.50. The molecule has 0 radical (unpaired) electrons. The summed E-state index contributed by atoms with van der Waals surface area (Å²) in [6, 6.07) is -0.202. The Morgan fingerprint density at radius 3 is 2.53 bits per heavy atom. The summed E-state index contributed by atoms with van der Waals surface area (Å²) >= 11 is 0. The first-order valence-corrected chi connectivity index (χ1v) is 7.18. The number of rotatable bonds is 6. The van der Waals surface area contributed by atoms with Crippen molar-refractivity contribution >= 4 is 11.9 Å². The third-order valence-corrected chi connectivity index (χ3v) is 3.44. The maximum absolute atomic E-state index is 11.9. The van der Waals surface area contributed by atoms with E-state index in [1.165, 1.54) is 0 Å². The molecule has 0 bridgehead atoms. The largest absolute Gasteiger partial charge is 0.466 e. The van der Waals surface area contributed by atoms with Gasteiger partial charge in [0.15, 0.2) is 0 Å². The van der Waals surface area contributed by atoms with Crippen LogP contribution in [0.4, 0.5) is 0 Å². The van der Waals surface area contributed by atoms with E-state index in [0.29, 0.717) is 19.6 Å². The van der Waals surface area contributed by atoms with Gasteiger partial charge >= 0.3 is 11.9 Å². The number of likely N-dealkylation sites (tertiary alicyclic amines) is 1. The molecule has 0 spiro atoms. The Balaban J connectivity index is 2.60. The highest BCUT2D eigenvalue weighted by molar-refractivity contribution is 5.76. The lowest BCUT2D eigenvalue weighted by Gasteiger charge is -2.37. The zero-order chi connectivity index (χ0) is 14.3. The molecule has 19 heavy (non-hydrogen) atoms. The van der Waals surface area contributed by atoms with Crippen molar-refractivity contribution in [3.8, 4) is 0 Å². The van der Waals surface area contributed by atoms with Gasteiger partial charge in [0.1, 0.15) is 6.04 Å². The molecule has 2 atom stereocenters. The second-order valence-electron chi connectivity index (χ2n) is 4.86. The summed E-state index contributed by atoms with van der Waals surface area (Å²) in [6.07, 6.45) is 3.23. The Hall–Kier alpha value is -1.10. The van der Waals surface area contributed by atoms with E-state index in [1.807, 2.05) is 13.8 Å². The Morgan fingerprint density at radius 1 is 1.21 bits per heavy atom. The maximum atomic E-state index is 11.9. The van der Waals surface area contributed by atoms with Crippen molar-refractivity contribution in [2.75, 3.05) is 19.8 Å². The molecule has 0 aliphatic carbocycles. The van der Waals surface area contributed by atoms with E-state index >= 15 is 0 Å². The van der Waals surface area contributed by atoms with E-state index in [2.05, 4.69) is 4.90 Å². The van der Waals surface area contributed by atoms with Gasteiger partial charge in [0.25, 0.3) is 0 Å². The fourth-order valence-corrected chi connectivity index (χ4v) is 2.55. The SMILES string of the molecule is CCOC(=O)CC(C)N1CCCCC1C(=O)OCC. The summed E-state index contributed by atoms with van der Waals surface area (Å²) in [5.41, 5.74) is 0. The minimum Gasteiger partial charge on any atom is -0.466 e. The summed E-state index contributed by atoms with van der Waals surface area (Å²) in [5, 5.41) is 0. The highest BCUT2D eigenvalue weighted by Crippen LogP contribution is 2.22. The van der Waals surface area contributed by atoms with Gasteiger partial charge < -0.3 is 9.47 Å². The van der Waals surface area contributed by atoms with Gasteiger partial charge in [-0.25, -0.2) is 0 Å². The highest BCUT2D eigenvalue weighted by Gasteiger charge is 2.33. The quantitative estimate of drug-likeness (QED) is 0.689. The Kier molecular flexibility index (Phi) is 6.84. The lowest BCUT2D eigenvalue weighted by molar-refractivity contribution is -0.154. The predicted octanol–water partition coefficient (Wildman–Crippen LogP) is 1.75. The molecule has 0 saturated carbocycles. The first-order valence-electron chi connectivity index (χ1n) is 7.18. The molecular formula is C14H25NO4. The molecule has 1 heterocycles. The molecule has 110 valence electrons. The van der Waals surface area contributed by atoms with Gasteiger partial charge in [0.05, 0.1) is 19.6 Å². The average Bonchev–Trinajstić information content (AvgIpc) is 2.39. The average molecular weight is 271 g/mol. The van der Waals surface area contributed by atoms with Crippen molar-refractivity contribution in [2.24, 2.45) is 0 Å². The van der Waals surface area contributed by atoms with E-state index in [-0.39, 0.29) is 24.0 Å². The third kappa shape index (κ3) is 4.82. The zero-order valence-electron chi connectivity index (χ0n) is 12.2. The molecule has 2 unspecified atom stereocenters. The van der Waals surface area contributed by atoms with Gasteiger partial charge in [-0.05, 0) is 40.2 Å². The van der Waals surface area contributed by atoms with E-state index in [1.54, 1.807) is 6.92 Å². The van der Waals surface area contributed by atoms with Gasteiger partial charge in [-0.2, -0.15) is 0 Å². The van der Waals surface area contributed by atoms with Crippen LogP contribution in [0.5, 0.6) is 0 Å². The van der Waals surface area contributed by atoms with Gasteiger partial charge in [0, 0.05) is 6.04 Å². The van der Waals surface area contributed by atoms with Crippen molar-refractivity contribution in [3.63, 3.8) is 0 Å². The van der Waals surface area contributed by atoms with E-state index in [4.69, 9.17) is 9.47 Å². The number of piperidine rings is 1. The van der Waals surface area contributed by atoms with Crippen molar-refractivity contribution in [1.82, 2.24) is 4.90 Å². The van der Waals surface area contributed by atoms with E-state index in [9.17, 15) is 9.59 Å². The van der Waals surface area contributed by atoms with Crippen LogP contribution < -0.4 is 0 Å². The van der Waals surface area contributed by atoms with Gasteiger partial charge in [-0.3, -0.25) is 14.5 Å². The van der Waals surface area contributed by atoms with Crippen LogP contribution in [0.2, 0.25) is 0 Å². The smallest absolute Gasteiger partial charge is 0.323 e. The number of esters is 2. The maximum Gasteiger partial charge on any atom is 0.323 e. The van der Waals surface area contributed by atoms with Crippen molar-refractivity contribution < 1.29 is 19.1 Å². The standard InChI is InChI=1S/C14H25NO4/c1-4-18-13(16)10-11(3)15-9-7-6-8-12(15)14(17)19-5-2/h11-12H,4-10H2,1-3H3. The molecule has 0 N–H and O–H groups in total. The monoisotopic (exact) mass is 271 g/mol. The van der Waals surface area contributed by atoms with E-state index < -0.39 is 0 Å². The second-order valence-corrected chi connectivity index (χ2v) is 4.86. The van der Waals surface area contributed by atoms with Crippen LogP contribution >= 0.6 is 0 Å². The normalized spacial score (nSPS) is 21.7.